The first-order valence-electron chi connectivity index (χ1n) is 6.80. The smallest absolute Gasteiger partial charge is 0.0706 e. The molecule has 2 N–H and O–H groups in total. The van der Waals surface area contributed by atoms with Crippen molar-refractivity contribution in [3.8, 4) is 0 Å². The topological polar surface area (TPSA) is 38.5 Å². The third-order valence-corrected chi connectivity index (χ3v) is 3.63. The number of hydrogen-bond acceptors (Lipinski definition) is 3. The van der Waals surface area contributed by atoms with Crippen LogP contribution in [0.2, 0.25) is 0 Å². The van der Waals surface area contributed by atoms with Crippen molar-refractivity contribution in [2.75, 3.05) is 19.6 Å². The summed E-state index contributed by atoms with van der Waals surface area (Å²) in [5, 5.41) is 0. The van der Waals surface area contributed by atoms with E-state index in [1.807, 2.05) is 0 Å². The molecule has 0 aromatic heterocycles. The Labute approximate surface area is 100 Å². The standard InChI is InChI=1S/C13H28N2O/c1-4-12(5-2)15(9-8-14)10-13-7-6-11(3)16-13/h11-13H,4-10,14H2,1-3H3. The van der Waals surface area contributed by atoms with Crippen LogP contribution in [0.15, 0.2) is 0 Å². The monoisotopic (exact) mass is 228 g/mol. The molecule has 0 aromatic carbocycles. The Kier molecular flexibility index (Phi) is 6.32. The van der Waals surface area contributed by atoms with E-state index in [-0.39, 0.29) is 0 Å². The lowest BCUT2D eigenvalue weighted by Crippen LogP contribution is -2.42. The normalized spacial score (nSPS) is 25.9. The van der Waals surface area contributed by atoms with Gasteiger partial charge in [-0.2, -0.15) is 0 Å². The van der Waals surface area contributed by atoms with Crippen LogP contribution in [0.4, 0.5) is 0 Å². The van der Waals surface area contributed by atoms with Gasteiger partial charge in [0, 0.05) is 25.7 Å². The molecular formula is C13H28N2O. The van der Waals surface area contributed by atoms with Crippen LogP contribution in [0.3, 0.4) is 0 Å². The lowest BCUT2D eigenvalue weighted by molar-refractivity contribution is 0.0210. The fraction of sp³-hybridized carbons (Fsp3) is 1.00. The van der Waals surface area contributed by atoms with Gasteiger partial charge in [0.25, 0.3) is 0 Å². The molecule has 1 aliphatic heterocycles. The molecule has 1 saturated heterocycles. The van der Waals surface area contributed by atoms with E-state index in [9.17, 15) is 0 Å². The van der Waals surface area contributed by atoms with Crippen molar-refractivity contribution in [2.24, 2.45) is 5.73 Å². The van der Waals surface area contributed by atoms with Crippen molar-refractivity contribution >= 4 is 0 Å². The first-order chi connectivity index (χ1) is 7.71. The van der Waals surface area contributed by atoms with Crippen LogP contribution in [0.1, 0.15) is 46.5 Å². The Morgan fingerprint density at radius 2 is 2.00 bits per heavy atom. The van der Waals surface area contributed by atoms with Gasteiger partial charge in [-0.1, -0.05) is 13.8 Å². The SMILES string of the molecule is CCC(CC)N(CCN)CC1CCC(C)O1. The molecule has 1 aliphatic rings. The van der Waals surface area contributed by atoms with E-state index < -0.39 is 0 Å². The minimum atomic E-state index is 0.433. The molecule has 1 heterocycles. The highest BCUT2D eigenvalue weighted by Crippen LogP contribution is 2.21. The van der Waals surface area contributed by atoms with E-state index in [0.29, 0.717) is 18.2 Å². The maximum Gasteiger partial charge on any atom is 0.0706 e. The second-order valence-corrected chi connectivity index (χ2v) is 4.90. The van der Waals surface area contributed by atoms with Gasteiger partial charge in [-0.15, -0.1) is 0 Å². The molecular weight excluding hydrogens is 200 g/mol. The Balaban J connectivity index is 2.43. The number of hydrogen-bond donors (Lipinski definition) is 1. The molecule has 1 fully saturated rings. The highest BCUT2D eigenvalue weighted by molar-refractivity contribution is 4.78. The van der Waals surface area contributed by atoms with Gasteiger partial charge in [0.15, 0.2) is 0 Å². The number of ether oxygens (including phenoxy) is 1. The second-order valence-electron chi connectivity index (χ2n) is 4.90. The van der Waals surface area contributed by atoms with Gasteiger partial charge in [-0.05, 0) is 32.6 Å². The molecule has 2 atom stereocenters. The van der Waals surface area contributed by atoms with E-state index in [2.05, 4.69) is 25.7 Å². The van der Waals surface area contributed by atoms with Crippen LogP contribution in [-0.2, 0) is 4.74 Å². The van der Waals surface area contributed by atoms with E-state index in [0.717, 1.165) is 19.6 Å². The van der Waals surface area contributed by atoms with Crippen molar-refractivity contribution in [1.82, 2.24) is 4.90 Å². The van der Waals surface area contributed by atoms with Gasteiger partial charge >= 0.3 is 0 Å². The average molecular weight is 228 g/mol. The number of nitrogens with two attached hydrogens (primary N) is 1. The first-order valence-corrected chi connectivity index (χ1v) is 6.80. The Bertz CT molecular complexity index is 183. The summed E-state index contributed by atoms with van der Waals surface area (Å²) in [4.78, 5) is 2.52. The molecule has 16 heavy (non-hydrogen) atoms. The van der Waals surface area contributed by atoms with E-state index in [1.165, 1.54) is 25.7 Å². The maximum absolute atomic E-state index is 5.89. The molecule has 2 unspecified atom stereocenters. The van der Waals surface area contributed by atoms with Gasteiger partial charge in [0.2, 0.25) is 0 Å². The van der Waals surface area contributed by atoms with Crippen molar-refractivity contribution in [1.29, 1.82) is 0 Å². The van der Waals surface area contributed by atoms with Gasteiger partial charge in [0.1, 0.15) is 0 Å². The minimum Gasteiger partial charge on any atom is -0.374 e. The fourth-order valence-corrected chi connectivity index (χ4v) is 2.67. The van der Waals surface area contributed by atoms with E-state index >= 15 is 0 Å². The number of nitrogens with zero attached hydrogens (tertiary/aromatic N) is 1. The quantitative estimate of drug-likeness (QED) is 0.724. The van der Waals surface area contributed by atoms with Crippen molar-refractivity contribution < 1.29 is 4.74 Å². The lowest BCUT2D eigenvalue weighted by Gasteiger charge is -2.32. The molecule has 0 radical (unpaired) electrons. The fourth-order valence-electron chi connectivity index (χ4n) is 2.67. The zero-order chi connectivity index (χ0) is 12.0. The Morgan fingerprint density at radius 3 is 2.44 bits per heavy atom. The molecule has 3 nitrogen and oxygen atoms in total. The summed E-state index contributed by atoms with van der Waals surface area (Å²) in [6.45, 7) is 9.50. The Hall–Kier alpha value is -0.120. The molecule has 0 saturated carbocycles. The molecule has 0 spiro atoms. The number of rotatable bonds is 7. The largest absolute Gasteiger partial charge is 0.374 e. The van der Waals surface area contributed by atoms with Crippen molar-refractivity contribution in [2.45, 2.75) is 64.7 Å². The minimum absolute atomic E-state index is 0.433. The highest BCUT2D eigenvalue weighted by Gasteiger charge is 2.25. The van der Waals surface area contributed by atoms with Crippen molar-refractivity contribution in [3.05, 3.63) is 0 Å². The zero-order valence-corrected chi connectivity index (χ0v) is 11.1. The van der Waals surface area contributed by atoms with Crippen LogP contribution in [-0.4, -0.2) is 42.8 Å². The van der Waals surface area contributed by atoms with E-state index in [1.54, 1.807) is 0 Å². The van der Waals surface area contributed by atoms with Crippen LogP contribution < -0.4 is 5.73 Å². The van der Waals surface area contributed by atoms with Crippen molar-refractivity contribution in [3.63, 3.8) is 0 Å². The second kappa shape index (κ2) is 7.25. The van der Waals surface area contributed by atoms with Crippen LogP contribution in [0.5, 0.6) is 0 Å². The predicted molar refractivity (Wildman–Crippen MR) is 68.6 cm³/mol. The molecule has 0 aliphatic carbocycles. The van der Waals surface area contributed by atoms with Gasteiger partial charge in [-0.3, -0.25) is 4.90 Å². The van der Waals surface area contributed by atoms with Gasteiger partial charge in [0.05, 0.1) is 12.2 Å². The van der Waals surface area contributed by atoms with E-state index in [4.69, 9.17) is 10.5 Å². The first kappa shape index (κ1) is 13.9. The maximum atomic E-state index is 5.89. The van der Waals surface area contributed by atoms with Crippen LogP contribution >= 0.6 is 0 Å². The highest BCUT2D eigenvalue weighted by atomic mass is 16.5. The summed E-state index contributed by atoms with van der Waals surface area (Å²) in [5.41, 5.74) is 5.70. The molecule has 96 valence electrons. The molecule has 0 bridgehead atoms. The third kappa shape index (κ3) is 4.04. The lowest BCUT2D eigenvalue weighted by atomic mass is 10.1. The summed E-state index contributed by atoms with van der Waals surface area (Å²) >= 11 is 0. The summed E-state index contributed by atoms with van der Waals surface area (Å²) < 4.78 is 5.89. The average Bonchev–Trinajstić information content (AvgIpc) is 2.66. The van der Waals surface area contributed by atoms with Gasteiger partial charge in [-0.25, -0.2) is 0 Å². The van der Waals surface area contributed by atoms with Gasteiger partial charge < -0.3 is 10.5 Å². The molecule has 3 heteroatoms. The molecule has 0 aromatic rings. The molecule has 0 amide bonds. The Morgan fingerprint density at radius 1 is 1.31 bits per heavy atom. The van der Waals surface area contributed by atoms with Crippen LogP contribution in [0.25, 0.3) is 0 Å². The summed E-state index contributed by atoms with van der Waals surface area (Å²) in [5.74, 6) is 0. The third-order valence-electron chi connectivity index (χ3n) is 3.63. The summed E-state index contributed by atoms with van der Waals surface area (Å²) in [7, 11) is 0. The molecule has 1 rings (SSSR count). The van der Waals surface area contributed by atoms with Crippen LogP contribution in [0, 0.1) is 0 Å². The zero-order valence-electron chi connectivity index (χ0n) is 11.1. The predicted octanol–water partition coefficient (Wildman–Crippen LogP) is 2.00. The summed E-state index contributed by atoms with van der Waals surface area (Å²) in [6, 6.07) is 0.669. The summed E-state index contributed by atoms with van der Waals surface area (Å²) in [6.07, 6.45) is 5.72.